The van der Waals surface area contributed by atoms with Gasteiger partial charge in [-0.05, 0) is 48.9 Å². The van der Waals surface area contributed by atoms with E-state index in [-0.39, 0.29) is 12.5 Å². The van der Waals surface area contributed by atoms with Crippen LogP contribution in [-0.4, -0.2) is 65.1 Å². The number of carbonyl (C=O) groups is 1. The summed E-state index contributed by atoms with van der Waals surface area (Å²) in [5.74, 6) is 1.75. The molecule has 0 bridgehead atoms. The van der Waals surface area contributed by atoms with Crippen molar-refractivity contribution in [1.82, 2.24) is 5.06 Å². The third-order valence-electron chi connectivity index (χ3n) is 6.23. The second-order valence-electron chi connectivity index (χ2n) is 8.60. The van der Waals surface area contributed by atoms with Gasteiger partial charge < -0.3 is 28.3 Å². The molecule has 1 aromatic heterocycles. The first kappa shape index (κ1) is 27.8. The first-order valence-corrected chi connectivity index (χ1v) is 12.8. The second kappa shape index (κ2) is 13.0. The van der Waals surface area contributed by atoms with Gasteiger partial charge in [-0.1, -0.05) is 23.7 Å². The third kappa shape index (κ3) is 6.42. The van der Waals surface area contributed by atoms with Crippen molar-refractivity contribution in [3.63, 3.8) is 0 Å². The average Bonchev–Trinajstić information content (AvgIpc) is 3.44. The molecule has 0 spiro atoms. The molecule has 0 saturated carbocycles. The highest BCUT2D eigenvalue weighted by Gasteiger charge is 2.26. The number of halogens is 1. The van der Waals surface area contributed by atoms with Gasteiger partial charge in [0.25, 0.3) is 5.91 Å². The van der Waals surface area contributed by atoms with Gasteiger partial charge in [0.15, 0.2) is 6.10 Å². The predicted octanol–water partition coefficient (Wildman–Crippen LogP) is 5.12. The van der Waals surface area contributed by atoms with Gasteiger partial charge in [-0.3, -0.25) is 9.63 Å². The molecule has 1 aliphatic heterocycles. The number of ether oxygens (including phenoxy) is 4. The summed E-state index contributed by atoms with van der Waals surface area (Å²) in [7, 11) is 4.63. The van der Waals surface area contributed by atoms with Gasteiger partial charge in [0.2, 0.25) is 0 Å². The van der Waals surface area contributed by atoms with Crippen LogP contribution >= 0.6 is 11.6 Å². The van der Waals surface area contributed by atoms with Crippen LogP contribution in [0.5, 0.6) is 11.5 Å². The van der Waals surface area contributed by atoms with Crippen LogP contribution in [0, 0.1) is 0 Å². The van der Waals surface area contributed by atoms with Crippen molar-refractivity contribution < 1.29 is 33.0 Å². The number of hydrogen-bond donors (Lipinski definition) is 0. The lowest BCUT2D eigenvalue weighted by molar-refractivity contribution is -0.195. The first-order chi connectivity index (χ1) is 18.4. The Kier molecular flexibility index (Phi) is 9.52. The lowest BCUT2D eigenvalue weighted by Crippen LogP contribution is -2.36. The van der Waals surface area contributed by atoms with E-state index in [2.05, 4.69) is 4.90 Å². The summed E-state index contributed by atoms with van der Waals surface area (Å²) in [6.45, 7) is 5.40. The SMILES string of the molecule is CCOC(C(=O)N(C)OCc1ccc(-c2cc(OC)c(Cl)c(OC)c2)o1)c1ccc(N2CCOCC2)cc1. The minimum absolute atomic E-state index is 0.0545. The Labute approximate surface area is 227 Å². The third-order valence-corrected chi connectivity index (χ3v) is 6.60. The molecule has 38 heavy (non-hydrogen) atoms. The zero-order chi connectivity index (χ0) is 27.1. The Balaban J connectivity index is 1.40. The Hall–Kier alpha value is -3.24. The van der Waals surface area contributed by atoms with Gasteiger partial charge in [-0.15, -0.1) is 0 Å². The molecule has 0 aliphatic carbocycles. The molecular formula is C28H33ClN2O7. The van der Waals surface area contributed by atoms with Crippen molar-refractivity contribution in [2.24, 2.45) is 0 Å². The molecule has 9 nitrogen and oxygen atoms in total. The number of furan rings is 1. The number of morpholine rings is 1. The average molecular weight is 545 g/mol. The predicted molar refractivity (Wildman–Crippen MR) is 144 cm³/mol. The number of hydrogen-bond acceptors (Lipinski definition) is 8. The monoisotopic (exact) mass is 544 g/mol. The van der Waals surface area contributed by atoms with E-state index in [0.717, 1.165) is 29.9 Å². The van der Waals surface area contributed by atoms with Gasteiger partial charge in [0.05, 0.1) is 27.4 Å². The Morgan fingerprint density at radius 1 is 1.05 bits per heavy atom. The van der Waals surface area contributed by atoms with Crippen LogP contribution in [0.3, 0.4) is 0 Å². The van der Waals surface area contributed by atoms with Crippen LogP contribution in [-0.2, 0) is 25.7 Å². The molecule has 2 heterocycles. The van der Waals surface area contributed by atoms with Gasteiger partial charge in [-0.25, -0.2) is 5.06 Å². The second-order valence-corrected chi connectivity index (χ2v) is 8.97. The van der Waals surface area contributed by atoms with Crippen LogP contribution in [0.4, 0.5) is 5.69 Å². The quantitative estimate of drug-likeness (QED) is 0.308. The lowest BCUT2D eigenvalue weighted by atomic mass is 10.1. The summed E-state index contributed by atoms with van der Waals surface area (Å²) in [5, 5.41) is 1.57. The summed E-state index contributed by atoms with van der Waals surface area (Å²) >= 11 is 6.27. The maximum atomic E-state index is 13.2. The molecule has 1 amide bonds. The number of rotatable bonds is 11. The van der Waals surface area contributed by atoms with E-state index in [1.807, 2.05) is 37.3 Å². The molecule has 3 aromatic rings. The number of carbonyl (C=O) groups excluding carboxylic acids is 1. The van der Waals surface area contributed by atoms with Gasteiger partial charge in [-0.2, -0.15) is 0 Å². The van der Waals surface area contributed by atoms with E-state index >= 15 is 0 Å². The number of methoxy groups -OCH3 is 2. The molecule has 1 unspecified atom stereocenters. The fourth-order valence-corrected chi connectivity index (χ4v) is 4.43. The van der Waals surface area contributed by atoms with E-state index in [4.69, 9.17) is 39.8 Å². The maximum absolute atomic E-state index is 13.2. The van der Waals surface area contributed by atoms with E-state index in [1.54, 1.807) is 25.2 Å². The van der Waals surface area contributed by atoms with E-state index in [1.165, 1.54) is 19.3 Å². The molecule has 2 aromatic carbocycles. The smallest absolute Gasteiger partial charge is 0.279 e. The number of benzene rings is 2. The fraction of sp³-hybridized carbons (Fsp3) is 0.393. The lowest BCUT2D eigenvalue weighted by Gasteiger charge is -2.29. The standard InChI is InChI=1S/C28H33ClN2O7/c1-5-36-27(19-6-8-21(9-7-19)31-12-14-35-15-13-31)28(32)30(2)37-18-22-10-11-23(38-22)20-16-24(33-3)26(29)25(17-20)34-4/h6-11,16-17,27H,5,12-15,18H2,1-4H3. The van der Waals surface area contributed by atoms with Gasteiger partial charge >= 0.3 is 0 Å². The maximum Gasteiger partial charge on any atom is 0.279 e. The molecule has 0 N–H and O–H groups in total. The molecule has 1 saturated heterocycles. The van der Waals surface area contributed by atoms with Crippen molar-refractivity contribution >= 4 is 23.2 Å². The molecule has 204 valence electrons. The molecule has 4 rings (SSSR count). The molecule has 1 atom stereocenters. The molecule has 1 fully saturated rings. The number of nitrogens with zero attached hydrogens (tertiary/aromatic N) is 2. The van der Waals surface area contributed by atoms with Crippen LogP contribution in [0.2, 0.25) is 5.02 Å². The van der Waals surface area contributed by atoms with Crippen LogP contribution < -0.4 is 14.4 Å². The van der Waals surface area contributed by atoms with Crippen molar-refractivity contribution in [3.05, 3.63) is 64.9 Å². The Morgan fingerprint density at radius 3 is 2.32 bits per heavy atom. The highest BCUT2D eigenvalue weighted by atomic mass is 35.5. The molecule has 0 radical (unpaired) electrons. The van der Waals surface area contributed by atoms with Crippen LogP contribution in [0.15, 0.2) is 52.9 Å². The molecule has 1 aliphatic rings. The molecular weight excluding hydrogens is 512 g/mol. The van der Waals surface area contributed by atoms with E-state index in [9.17, 15) is 4.79 Å². The topological polar surface area (TPSA) is 82.8 Å². The number of anilines is 1. The van der Waals surface area contributed by atoms with Crippen molar-refractivity contribution in [1.29, 1.82) is 0 Å². The van der Waals surface area contributed by atoms with Crippen molar-refractivity contribution in [2.75, 3.05) is 59.1 Å². The summed E-state index contributed by atoms with van der Waals surface area (Å²) < 4.78 is 27.8. The Morgan fingerprint density at radius 2 is 1.71 bits per heavy atom. The highest BCUT2D eigenvalue weighted by Crippen LogP contribution is 2.39. The van der Waals surface area contributed by atoms with Crippen molar-refractivity contribution in [2.45, 2.75) is 19.6 Å². The zero-order valence-corrected chi connectivity index (χ0v) is 22.8. The summed E-state index contributed by atoms with van der Waals surface area (Å²) in [6.07, 6.45) is -0.787. The Bertz CT molecular complexity index is 1180. The van der Waals surface area contributed by atoms with Crippen LogP contribution in [0.1, 0.15) is 24.4 Å². The summed E-state index contributed by atoms with van der Waals surface area (Å²) in [5.41, 5.74) is 2.58. The number of likely N-dealkylation sites (N-methyl/N-ethyl adjacent to an activating group) is 1. The minimum Gasteiger partial charge on any atom is -0.495 e. The van der Waals surface area contributed by atoms with Gasteiger partial charge in [0.1, 0.15) is 34.6 Å². The number of amides is 1. The largest absolute Gasteiger partial charge is 0.495 e. The highest BCUT2D eigenvalue weighted by molar-refractivity contribution is 6.33. The fourth-order valence-electron chi connectivity index (χ4n) is 4.17. The van der Waals surface area contributed by atoms with Gasteiger partial charge in [0, 0.05) is 38.0 Å². The molecule has 10 heteroatoms. The first-order valence-electron chi connectivity index (χ1n) is 12.4. The minimum atomic E-state index is -0.787. The van der Waals surface area contributed by atoms with Crippen LogP contribution in [0.25, 0.3) is 11.3 Å². The number of hydroxylamine groups is 2. The summed E-state index contributed by atoms with van der Waals surface area (Å²) in [6, 6.07) is 15.0. The zero-order valence-electron chi connectivity index (χ0n) is 22.1. The summed E-state index contributed by atoms with van der Waals surface area (Å²) in [4.78, 5) is 21.2. The van der Waals surface area contributed by atoms with E-state index < -0.39 is 6.10 Å². The van der Waals surface area contributed by atoms with E-state index in [0.29, 0.717) is 47.9 Å². The van der Waals surface area contributed by atoms with Crippen molar-refractivity contribution in [3.8, 4) is 22.8 Å². The normalized spacial score (nSPS) is 14.3.